The largest absolute Gasteiger partial charge is 0.391 e. The van der Waals surface area contributed by atoms with Crippen LogP contribution in [0.2, 0.25) is 0 Å². The molecule has 3 atom stereocenters. The number of hydrogen-bond donors (Lipinski definition) is 2. The highest BCUT2D eigenvalue weighted by molar-refractivity contribution is 4.77. The molecule has 1 fully saturated rings. The third-order valence-electron chi connectivity index (χ3n) is 3.23. The molecule has 0 amide bonds. The Bertz CT molecular complexity index is 152. The third kappa shape index (κ3) is 3.56. The first-order valence-corrected chi connectivity index (χ1v) is 5.73. The van der Waals surface area contributed by atoms with Gasteiger partial charge in [-0.3, -0.25) is 0 Å². The van der Waals surface area contributed by atoms with Gasteiger partial charge in [0.15, 0.2) is 0 Å². The average molecular weight is 201 g/mol. The highest BCUT2D eigenvalue weighted by Gasteiger charge is 2.25. The molecule has 0 aromatic carbocycles. The summed E-state index contributed by atoms with van der Waals surface area (Å²) in [7, 11) is 0. The summed E-state index contributed by atoms with van der Waals surface area (Å²) in [5, 5.41) is 9.31. The van der Waals surface area contributed by atoms with E-state index in [1.54, 1.807) is 0 Å². The fourth-order valence-electron chi connectivity index (χ4n) is 2.12. The molecule has 0 aromatic rings. The van der Waals surface area contributed by atoms with Crippen LogP contribution in [0.1, 0.15) is 32.6 Å². The van der Waals surface area contributed by atoms with E-state index in [-0.39, 0.29) is 6.10 Å². The second kappa shape index (κ2) is 6.38. The minimum Gasteiger partial charge on any atom is -0.391 e. The van der Waals surface area contributed by atoms with Gasteiger partial charge in [-0.25, -0.2) is 0 Å². The second-order valence-electron chi connectivity index (χ2n) is 4.29. The van der Waals surface area contributed by atoms with Crippen LogP contribution in [0.15, 0.2) is 0 Å². The minimum atomic E-state index is -0.298. The average Bonchev–Trinajstić information content (AvgIpc) is 2.65. The summed E-state index contributed by atoms with van der Waals surface area (Å²) >= 11 is 0. The minimum absolute atomic E-state index is 0.298. The van der Waals surface area contributed by atoms with Gasteiger partial charge in [-0.1, -0.05) is 13.3 Å². The van der Waals surface area contributed by atoms with Crippen LogP contribution in [0, 0.1) is 11.8 Å². The van der Waals surface area contributed by atoms with Crippen molar-refractivity contribution in [2.75, 3.05) is 19.8 Å². The van der Waals surface area contributed by atoms with Crippen LogP contribution in [-0.2, 0) is 4.74 Å². The molecule has 3 unspecified atom stereocenters. The number of hydrogen-bond acceptors (Lipinski definition) is 3. The van der Waals surface area contributed by atoms with Crippen LogP contribution in [-0.4, -0.2) is 31.0 Å². The Morgan fingerprint density at radius 1 is 1.43 bits per heavy atom. The maximum absolute atomic E-state index is 9.31. The van der Waals surface area contributed by atoms with Gasteiger partial charge < -0.3 is 15.6 Å². The summed E-state index contributed by atoms with van der Waals surface area (Å²) in [6.07, 6.45) is 4.25. The third-order valence-corrected chi connectivity index (χ3v) is 3.23. The second-order valence-corrected chi connectivity index (χ2v) is 4.29. The summed E-state index contributed by atoms with van der Waals surface area (Å²) in [4.78, 5) is 0. The van der Waals surface area contributed by atoms with Gasteiger partial charge in [0, 0.05) is 6.61 Å². The molecule has 0 aromatic heterocycles. The Labute approximate surface area is 86.6 Å². The van der Waals surface area contributed by atoms with Crippen molar-refractivity contribution >= 4 is 0 Å². The zero-order valence-electron chi connectivity index (χ0n) is 9.11. The predicted octanol–water partition coefficient (Wildman–Crippen LogP) is 1.15. The molecule has 1 aliphatic rings. The number of rotatable bonds is 6. The molecule has 3 nitrogen and oxygen atoms in total. The molecular formula is C11H23NO2. The van der Waals surface area contributed by atoms with Gasteiger partial charge in [-0.2, -0.15) is 0 Å². The Morgan fingerprint density at radius 2 is 2.14 bits per heavy atom. The predicted molar refractivity (Wildman–Crippen MR) is 57.0 cm³/mol. The van der Waals surface area contributed by atoms with E-state index in [4.69, 9.17) is 10.5 Å². The molecule has 1 saturated carbocycles. The van der Waals surface area contributed by atoms with Crippen LogP contribution in [0.3, 0.4) is 0 Å². The van der Waals surface area contributed by atoms with E-state index >= 15 is 0 Å². The number of aliphatic hydroxyl groups is 1. The molecule has 3 N–H and O–H groups in total. The van der Waals surface area contributed by atoms with Crippen LogP contribution in [0.5, 0.6) is 0 Å². The fourth-order valence-corrected chi connectivity index (χ4v) is 2.12. The lowest BCUT2D eigenvalue weighted by Crippen LogP contribution is -2.24. The molecule has 1 rings (SSSR count). The Hall–Kier alpha value is -0.120. The van der Waals surface area contributed by atoms with E-state index in [1.165, 1.54) is 19.3 Å². The number of aliphatic hydroxyl groups excluding tert-OH is 1. The van der Waals surface area contributed by atoms with Gasteiger partial charge in [0.05, 0.1) is 12.7 Å². The molecule has 14 heavy (non-hydrogen) atoms. The molecule has 0 radical (unpaired) electrons. The van der Waals surface area contributed by atoms with Gasteiger partial charge in [0.2, 0.25) is 0 Å². The summed E-state index contributed by atoms with van der Waals surface area (Å²) in [5.41, 5.74) is 5.68. The molecule has 0 bridgehead atoms. The zero-order valence-corrected chi connectivity index (χ0v) is 9.11. The summed E-state index contributed by atoms with van der Waals surface area (Å²) in [6, 6.07) is 0. The first-order chi connectivity index (χ1) is 6.77. The smallest absolute Gasteiger partial charge is 0.0771 e. The van der Waals surface area contributed by atoms with Crippen LogP contribution < -0.4 is 5.73 Å². The molecule has 0 saturated heterocycles. The maximum Gasteiger partial charge on any atom is 0.0771 e. The molecule has 3 heteroatoms. The SMILES string of the molecule is CCC(O)COCC1CCCC1CN. The van der Waals surface area contributed by atoms with Crippen molar-refractivity contribution in [3.05, 3.63) is 0 Å². The number of ether oxygens (including phenoxy) is 1. The first-order valence-electron chi connectivity index (χ1n) is 5.73. The van der Waals surface area contributed by atoms with Crippen molar-refractivity contribution in [3.8, 4) is 0 Å². The molecule has 84 valence electrons. The van der Waals surface area contributed by atoms with Crippen molar-refractivity contribution in [1.82, 2.24) is 0 Å². The Morgan fingerprint density at radius 3 is 2.79 bits per heavy atom. The topological polar surface area (TPSA) is 55.5 Å². The standard InChI is InChI=1S/C11H23NO2/c1-2-11(13)8-14-7-10-5-3-4-9(10)6-12/h9-11,13H,2-8,12H2,1H3. The van der Waals surface area contributed by atoms with E-state index < -0.39 is 0 Å². The summed E-state index contributed by atoms with van der Waals surface area (Å²) in [5.74, 6) is 1.28. The van der Waals surface area contributed by atoms with Crippen LogP contribution >= 0.6 is 0 Å². The quantitative estimate of drug-likeness (QED) is 0.678. The van der Waals surface area contributed by atoms with Crippen LogP contribution in [0.4, 0.5) is 0 Å². The molecule has 0 heterocycles. The van der Waals surface area contributed by atoms with E-state index in [2.05, 4.69) is 0 Å². The lowest BCUT2D eigenvalue weighted by molar-refractivity contribution is 0.0145. The monoisotopic (exact) mass is 201 g/mol. The maximum atomic E-state index is 9.31. The van der Waals surface area contributed by atoms with E-state index in [0.29, 0.717) is 18.4 Å². The highest BCUT2D eigenvalue weighted by atomic mass is 16.5. The summed E-state index contributed by atoms with van der Waals surface area (Å²) < 4.78 is 5.50. The van der Waals surface area contributed by atoms with Gasteiger partial charge in [-0.05, 0) is 37.6 Å². The van der Waals surface area contributed by atoms with Crippen LogP contribution in [0.25, 0.3) is 0 Å². The number of nitrogens with two attached hydrogens (primary N) is 1. The van der Waals surface area contributed by atoms with E-state index in [1.807, 2.05) is 6.92 Å². The molecule has 0 aliphatic heterocycles. The van der Waals surface area contributed by atoms with Gasteiger partial charge in [0.25, 0.3) is 0 Å². The van der Waals surface area contributed by atoms with Crippen molar-refractivity contribution in [1.29, 1.82) is 0 Å². The molecular weight excluding hydrogens is 178 g/mol. The van der Waals surface area contributed by atoms with Gasteiger partial charge >= 0.3 is 0 Å². The molecule has 1 aliphatic carbocycles. The highest BCUT2D eigenvalue weighted by Crippen LogP contribution is 2.30. The van der Waals surface area contributed by atoms with E-state index in [0.717, 1.165) is 19.6 Å². The lowest BCUT2D eigenvalue weighted by atomic mass is 9.97. The Kier molecular flexibility index (Phi) is 5.45. The Balaban J connectivity index is 2.11. The lowest BCUT2D eigenvalue weighted by Gasteiger charge is -2.18. The first kappa shape index (κ1) is 12.0. The van der Waals surface area contributed by atoms with Gasteiger partial charge in [0.1, 0.15) is 0 Å². The van der Waals surface area contributed by atoms with E-state index in [9.17, 15) is 5.11 Å². The fraction of sp³-hybridized carbons (Fsp3) is 1.00. The summed E-state index contributed by atoms with van der Waals surface area (Å²) in [6.45, 7) is 4.00. The zero-order chi connectivity index (χ0) is 10.4. The normalized spacial score (nSPS) is 29.4. The van der Waals surface area contributed by atoms with Crippen molar-refractivity contribution in [3.63, 3.8) is 0 Å². The molecule has 0 spiro atoms. The van der Waals surface area contributed by atoms with Crippen molar-refractivity contribution in [2.24, 2.45) is 17.6 Å². The van der Waals surface area contributed by atoms with Gasteiger partial charge in [-0.15, -0.1) is 0 Å². The van der Waals surface area contributed by atoms with Crippen molar-refractivity contribution < 1.29 is 9.84 Å². The van der Waals surface area contributed by atoms with Crippen molar-refractivity contribution in [2.45, 2.75) is 38.7 Å².